The summed E-state index contributed by atoms with van der Waals surface area (Å²) in [5, 5.41) is 0. The molecule has 96 valence electrons. The van der Waals surface area contributed by atoms with Crippen molar-refractivity contribution in [3.8, 4) is 0 Å². The highest BCUT2D eigenvalue weighted by Crippen LogP contribution is 2.34. The first-order valence-electron chi connectivity index (χ1n) is 4.81. The highest BCUT2D eigenvalue weighted by atomic mass is 32.2. The van der Waals surface area contributed by atoms with Crippen LogP contribution < -0.4 is 0 Å². The number of rotatable bonds is 3. The van der Waals surface area contributed by atoms with E-state index in [2.05, 4.69) is 4.18 Å². The smallest absolute Gasteiger partial charge is 0.260 e. The lowest BCUT2D eigenvalue weighted by atomic mass is 9.87. The molecule has 0 amide bonds. The Kier molecular flexibility index (Phi) is 3.83. The molecule has 0 aromatic heterocycles. The van der Waals surface area contributed by atoms with Crippen molar-refractivity contribution in [1.82, 2.24) is 0 Å². The average molecular weight is 264 g/mol. The molecule has 3 nitrogen and oxygen atoms in total. The molecule has 16 heavy (non-hydrogen) atoms. The summed E-state index contributed by atoms with van der Waals surface area (Å²) in [6, 6.07) is 0. The second-order valence-electron chi connectivity index (χ2n) is 3.87. The van der Waals surface area contributed by atoms with Gasteiger partial charge in [-0.2, -0.15) is 21.6 Å². The number of hydrogen-bond acceptors (Lipinski definition) is 3. The first-order valence-corrected chi connectivity index (χ1v) is 6.22. The summed E-state index contributed by atoms with van der Waals surface area (Å²) >= 11 is 0. The highest BCUT2D eigenvalue weighted by molar-refractivity contribution is 7.87. The SMILES string of the molecule is O=S(=O)(OCC1(F)CCCCC1)C(F)(F)F. The van der Waals surface area contributed by atoms with Crippen molar-refractivity contribution < 1.29 is 30.2 Å². The fraction of sp³-hybridized carbons (Fsp3) is 1.00. The van der Waals surface area contributed by atoms with Crippen LogP contribution >= 0.6 is 0 Å². The Morgan fingerprint density at radius 3 is 2.06 bits per heavy atom. The number of halogens is 4. The third-order valence-corrected chi connectivity index (χ3v) is 3.50. The average Bonchev–Trinajstić information content (AvgIpc) is 2.15. The van der Waals surface area contributed by atoms with Crippen molar-refractivity contribution in [2.75, 3.05) is 6.61 Å². The van der Waals surface area contributed by atoms with Crippen LogP contribution in [0.1, 0.15) is 32.1 Å². The first-order chi connectivity index (χ1) is 7.16. The third-order valence-electron chi connectivity index (χ3n) is 2.51. The van der Waals surface area contributed by atoms with Crippen LogP contribution in [0.5, 0.6) is 0 Å². The van der Waals surface area contributed by atoms with E-state index in [4.69, 9.17) is 0 Å². The highest BCUT2D eigenvalue weighted by Gasteiger charge is 2.48. The molecule has 0 aliphatic heterocycles. The van der Waals surface area contributed by atoms with E-state index in [0.29, 0.717) is 12.8 Å². The van der Waals surface area contributed by atoms with Crippen LogP contribution in [0.3, 0.4) is 0 Å². The number of alkyl halides is 4. The Bertz CT molecular complexity index is 330. The summed E-state index contributed by atoms with van der Waals surface area (Å²) in [5.74, 6) is 0. The van der Waals surface area contributed by atoms with E-state index in [1.807, 2.05) is 0 Å². The van der Waals surface area contributed by atoms with Gasteiger partial charge in [-0.05, 0) is 12.8 Å². The zero-order chi connectivity index (χ0) is 12.4. The second-order valence-corrected chi connectivity index (χ2v) is 5.48. The van der Waals surface area contributed by atoms with Gasteiger partial charge in [-0.25, -0.2) is 4.39 Å². The van der Waals surface area contributed by atoms with Gasteiger partial charge in [-0.15, -0.1) is 0 Å². The van der Waals surface area contributed by atoms with Gasteiger partial charge in [0.05, 0.1) is 0 Å². The van der Waals surface area contributed by atoms with Gasteiger partial charge in [-0.3, -0.25) is 4.18 Å². The Balaban J connectivity index is 2.57. The molecule has 1 aliphatic carbocycles. The minimum atomic E-state index is -5.68. The number of hydrogen-bond donors (Lipinski definition) is 0. The molecule has 0 radical (unpaired) electrons. The Morgan fingerprint density at radius 2 is 1.62 bits per heavy atom. The molecule has 0 aromatic rings. The van der Waals surface area contributed by atoms with E-state index in [1.54, 1.807) is 0 Å². The fourth-order valence-corrected chi connectivity index (χ4v) is 2.08. The molecule has 0 bridgehead atoms. The van der Waals surface area contributed by atoms with Crippen LogP contribution in [0.15, 0.2) is 0 Å². The molecule has 0 aromatic carbocycles. The van der Waals surface area contributed by atoms with Gasteiger partial charge < -0.3 is 0 Å². The quantitative estimate of drug-likeness (QED) is 0.447. The van der Waals surface area contributed by atoms with Crippen LogP contribution in [-0.2, 0) is 14.3 Å². The van der Waals surface area contributed by atoms with Gasteiger partial charge in [0.15, 0.2) is 0 Å². The van der Waals surface area contributed by atoms with Gasteiger partial charge in [0, 0.05) is 0 Å². The zero-order valence-electron chi connectivity index (χ0n) is 8.39. The minimum absolute atomic E-state index is 0.0420. The first kappa shape index (κ1) is 13.7. The lowest BCUT2D eigenvalue weighted by molar-refractivity contribution is -0.0589. The maximum absolute atomic E-state index is 13.7. The van der Waals surface area contributed by atoms with Gasteiger partial charge in [0.2, 0.25) is 0 Å². The van der Waals surface area contributed by atoms with E-state index >= 15 is 0 Å². The van der Waals surface area contributed by atoms with Gasteiger partial charge in [0.25, 0.3) is 0 Å². The Hall–Kier alpha value is -0.370. The lowest BCUT2D eigenvalue weighted by Gasteiger charge is -2.28. The van der Waals surface area contributed by atoms with Crippen molar-refractivity contribution in [2.45, 2.75) is 43.3 Å². The standard InChI is InChI=1S/C8H12F4O3S/c9-7(4-2-1-3-5-7)6-15-16(13,14)8(10,11)12/h1-6H2. The molecule has 0 unspecified atom stereocenters. The summed E-state index contributed by atoms with van der Waals surface area (Å²) < 4.78 is 74.1. The summed E-state index contributed by atoms with van der Waals surface area (Å²) in [4.78, 5) is 0. The molecule has 0 spiro atoms. The van der Waals surface area contributed by atoms with Crippen LogP contribution in [0.4, 0.5) is 17.6 Å². The van der Waals surface area contributed by atoms with Crippen LogP contribution in [0.25, 0.3) is 0 Å². The van der Waals surface area contributed by atoms with Gasteiger partial charge in [0.1, 0.15) is 12.3 Å². The fourth-order valence-electron chi connectivity index (χ4n) is 1.58. The predicted octanol–water partition coefficient (Wildman–Crippen LogP) is 2.53. The molecular formula is C8H12F4O3S. The van der Waals surface area contributed by atoms with Crippen molar-refractivity contribution in [1.29, 1.82) is 0 Å². The molecule has 0 heterocycles. The van der Waals surface area contributed by atoms with Crippen LogP contribution in [0.2, 0.25) is 0 Å². The molecular weight excluding hydrogens is 252 g/mol. The summed E-state index contributed by atoms with van der Waals surface area (Å²) in [5.41, 5.74) is -7.44. The maximum atomic E-state index is 13.7. The molecule has 0 saturated heterocycles. The second kappa shape index (κ2) is 4.48. The van der Waals surface area contributed by atoms with Crippen LogP contribution in [-0.4, -0.2) is 26.2 Å². The minimum Gasteiger partial charge on any atom is -0.260 e. The van der Waals surface area contributed by atoms with Crippen molar-refractivity contribution in [3.05, 3.63) is 0 Å². The topological polar surface area (TPSA) is 43.4 Å². The maximum Gasteiger partial charge on any atom is 0.523 e. The van der Waals surface area contributed by atoms with Gasteiger partial charge >= 0.3 is 15.6 Å². The van der Waals surface area contributed by atoms with Crippen molar-refractivity contribution in [2.24, 2.45) is 0 Å². The molecule has 1 rings (SSSR count). The van der Waals surface area contributed by atoms with E-state index < -0.39 is 27.9 Å². The third kappa shape index (κ3) is 3.31. The normalized spacial score (nSPS) is 22.0. The van der Waals surface area contributed by atoms with Crippen LogP contribution in [0, 0.1) is 0 Å². The van der Waals surface area contributed by atoms with Crippen molar-refractivity contribution in [3.63, 3.8) is 0 Å². The van der Waals surface area contributed by atoms with E-state index in [9.17, 15) is 26.0 Å². The molecule has 1 saturated carbocycles. The Labute approximate surface area is 90.9 Å². The monoisotopic (exact) mass is 264 g/mol. The zero-order valence-corrected chi connectivity index (χ0v) is 9.20. The van der Waals surface area contributed by atoms with E-state index in [0.717, 1.165) is 6.42 Å². The largest absolute Gasteiger partial charge is 0.523 e. The van der Waals surface area contributed by atoms with Crippen molar-refractivity contribution >= 4 is 10.1 Å². The summed E-state index contributed by atoms with van der Waals surface area (Å²) in [6.45, 7) is -1.05. The van der Waals surface area contributed by atoms with E-state index in [1.165, 1.54) is 0 Å². The molecule has 8 heteroatoms. The van der Waals surface area contributed by atoms with Gasteiger partial charge in [-0.1, -0.05) is 19.3 Å². The summed E-state index contributed by atoms with van der Waals surface area (Å²) in [6.07, 6.45) is 1.95. The Morgan fingerprint density at radius 1 is 1.12 bits per heavy atom. The molecule has 0 N–H and O–H groups in total. The molecule has 1 fully saturated rings. The summed E-state index contributed by atoms with van der Waals surface area (Å²) in [7, 11) is -5.68. The molecule has 0 atom stereocenters. The molecule has 1 aliphatic rings. The van der Waals surface area contributed by atoms with E-state index in [-0.39, 0.29) is 12.8 Å². The lowest BCUT2D eigenvalue weighted by Crippen LogP contribution is -2.36. The predicted molar refractivity (Wildman–Crippen MR) is 47.9 cm³/mol.